The van der Waals surface area contributed by atoms with E-state index >= 15 is 0 Å². The Morgan fingerprint density at radius 3 is 2.67 bits per heavy atom. The molecule has 0 saturated carbocycles. The average Bonchev–Trinajstić information content (AvgIpc) is 2.90. The molecule has 4 nitrogen and oxygen atoms in total. The third-order valence-electron chi connectivity index (χ3n) is 3.31. The van der Waals surface area contributed by atoms with E-state index in [1.807, 2.05) is 0 Å². The van der Waals surface area contributed by atoms with Crippen molar-refractivity contribution in [3.05, 3.63) is 47.0 Å². The van der Waals surface area contributed by atoms with E-state index in [2.05, 4.69) is 5.32 Å². The highest BCUT2D eigenvalue weighted by molar-refractivity contribution is 5.54. The Hall–Kier alpha value is -2.50. The minimum atomic E-state index is -0.682. The second kappa shape index (κ2) is 5.12. The topological polar surface area (TPSA) is 50.7 Å². The molecule has 0 spiro atoms. The molecule has 0 aromatic heterocycles. The zero-order valence-electron chi connectivity index (χ0n) is 11.2. The molecule has 2 aromatic rings. The molecule has 21 heavy (non-hydrogen) atoms. The molecule has 0 unspecified atom stereocenters. The molecule has 0 saturated heterocycles. The molecule has 1 aliphatic rings. The van der Waals surface area contributed by atoms with Gasteiger partial charge in [0.2, 0.25) is 6.79 Å². The van der Waals surface area contributed by atoms with Crippen LogP contribution >= 0.6 is 0 Å². The van der Waals surface area contributed by atoms with Crippen LogP contribution in [-0.2, 0) is 6.54 Å². The molecular formula is C15H13F2NO3. The Morgan fingerprint density at radius 1 is 1.19 bits per heavy atom. The predicted octanol–water partition coefficient (Wildman–Crippen LogP) is 3.32. The second-order valence-electron chi connectivity index (χ2n) is 4.74. The monoisotopic (exact) mass is 293 g/mol. The summed E-state index contributed by atoms with van der Waals surface area (Å²) in [6.45, 7) is 1.70. The van der Waals surface area contributed by atoms with Crippen molar-refractivity contribution >= 4 is 5.69 Å². The largest absolute Gasteiger partial charge is 0.507 e. The highest BCUT2D eigenvalue weighted by Gasteiger charge is 2.18. The summed E-state index contributed by atoms with van der Waals surface area (Å²) in [5.41, 5.74) is 0.584. The summed E-state index contributed by atoms with van der Waals surface area (Å²) >= 11 is 0. The summed E-state index contributed by atoms with van der Waals surface area (Å²) in [5, 5.41) is 12.5. The van der Waals surface area contributed by atoms with E-state index < -0.39 is 11.6 Å². The lowest BCUT2D eigenvalue weighted by Crippen LogP contribution is -2.05. The van der Waals surface area contributed by atoms with Crippen LogP contribution in [0.3, 0.4) is 0 Å². The van der Waals surface area contributed by atoms with Crippen LogP contribution in [0.4, 0.5) is 14.5 Å². The Balaban J connectivity index is 1.84. The number of aryl methyl sites for hydroxylation is 1. The van der Waals surface area contributed by atoms with Crippen molar-refractivity contribution in [2.75, 3.05) is 12.1 Å². The van der Waals surface area contributed by atoms with Gasteiger partial charge in [-0.1, -0.05) is 6.07 Å². The normalized spacial score (nSPS) is 12.5. The van der Waals surface area contributed by atoms with Gasteiger partial charge in [0.15, 0.2) is 17.3 Å². The molecule has 0 radical (unpaired) electrons. The molecule has 110 valence electrons. The van der Waals surface area contributed by atoms with Gasteiger partial charge in [-0.2, -0.15) is 0 Å². The van der Waals surface area contributed by atoms with Crippen LogP contribution in [0.15, 0.2) is 24.3 Å². The molecule has 2 N–H and O–H groups in total. The summed E-state index contributed by atoms with van der Waals surface area (Å²) in [7, 11) is 0. The van der Waals surface area contributed by atoms with Crippen molar-refractivity contribution in [1.82, 2.24) is 0 Å². The number of benzene rings is 2. The van der Waals surface area contributed by atoms with Crippen LogP contribution in [-0.4, -0.2) is 11.9 Å². The SMILES string of the molecule is Cc1ccc(F)c(NCc2cc3c(cc2O)OCO3)c1F. The maximum Gasteiger partial charge on any atom is 0.231 e. The standard InChI is InChI=1S/C15H13F2NO3/c1-8-2-3-10(16)15(14(8)17)18-6-9-4-12-13(5-11(9)19)21-7-20-12/h2-5,18-19H,6-7H2,1H3. The van der Waals surface area contributed by atoms with Crippen molar-refractivity contribution in [2.45, 2.75) is 13.5 Å². The van der Waals surface area contributed by atoms with Gasteiger partial charge in [0, 0.05) is 18.2 Å². The molecule has 0 fully saturated rings. The summed E-state index contributed by atoms with van der Waals surface area (Å²) in [6, 6.07) is 5.56. The fourth-order valence-corrected chi connectivity index (χ4v) is 2.12. The van der Waals surface area contributed by atoms with Crippen LogP contribution in [0.5, 0.6) is 17.2 Å². The third-order valence-corrected chi connectivity index (χ3v) is 3.31. The summed E-state index contributed by atoms with van der Waals surface area (Å²) < 4.78 is 37.9. The molecule has 6 heteroatoms. The van der Waals surface area contributed by atoms with Gasteiger partial charge in [-0.25, -0.2) is 8.78 Å². The van der Waals surface area contributed by atoms with Crippen LogP contribution < -0.4 is 14.8 Å². The van der Waals surface area contributed by atoms with Gasteiger partial charge in [0.05, 0.1) is 0 Å². The number of rotatable bonds is 3. The molecule has 0 bridgehead atoms. The van der Waals surface area contributed by atoms with E-state index in [1.165, 1.54) is 18.2 Å². The lowest BCUT2D eigenvalue weighted by Gasteiger charge is -2.12. The van der Waals surface area contributed by atoms with E-state index in [0.717, 1.165) is 0 Å². The van der Waals surface area contributed by atoms with Gasteiger partial charge in [-0.05, 0) is 24.6 Å². The number of fused-ring (bicyclic) bond motifs is 1. The number of aromatic hydroxyl groups is 1. The Bertz CT molecular complexity index is 704. The molecule has 1 aliphatic heterocycles. The molecule has 2 aromatic carbocycles. The maximum atomic E-state index is 13.9. The van der Waals surface area contributed by atoms with Crippen molar-refractivity contribution in [2.24, 2.45) is 0 Å². The third kappa shape index (κ3) is 2.44. The molecular weight excluding hydrogens is 280 g/mol. The number of nitrogens with one attached hydrogen (secondary N) is 1. The van der Waals surface area contributed by atoms with Crippen molar-refractivity contribution in [1.29, 1.82) is 0 Å². The van der Waals surface area contributed by atoms with E-state index in [0.29, 0.717) is 22.6 Å². The number of phenolic OH excluding ortho intramolecular Hbond substituents is 1. The summed E-state index contributed by atoms with van der Waals surface area (Å²) in [4.78, 5) is 0. The zero-order valence-corrected chi connectivity index (χ0v) is 11.2. The first-order chi connectivity index (χ1) is 10.1. The van der Waals surface area contributed by atoms with Crippen LogP contribution in [0.2, 0.25) is 0 Å². The van der Waals surface area contributed by atoms with Crippen molar-refractivity contribution in [3.8, 4) is 17.2 Å². The smallest absolute Gasteiger partial charge is 0.231 e. The van der Waals surface area contributed by atoms with E-state index in [-0.39, 0.29) is 24.8 Å². The first-order valence-corrected chi connectivity index (χ1v) is 6.36. The predicted molar refractivity (Wildman–Crippen MR) is 72.7 cm³/mol. The summed E-state index contributed by atoms with van der Waals surface area (Å²) in [6.07, 6.45) is 0. The van der Waals surface area contributed by atoms with Gasteiger partial charge in [0.1, 0.15) is 17.3 Å². The van der Waals surface area contributed by atoms with Gasteiger partial charge >= 0.3 is 0 Å². The minimum absolute atomic E-state index is 0.0276. The summed E-state index contributed by atoms with van der Waals surface area (Å²) in [5.74, 6) is -0.410. The van der Waals surface area contributed by atoms with Gasteiger partial charge < -0.3 is 19.9 Å². The highest BCUT2D eigenvalue weighted by Crippen LogP contribution is 2.38. The zero-order chi connectivity index (χ0) is 15.0. The van der Waals surface area contributed by atoms with Crippen molar-refractivity contribution < 1.29 is 23.4 Å². The average molecular weight is 293 g/mol. The number of anilines is 1. The fourth-order valence-electron chi connectivity index (χ4n) is 2.12. The highest BCUT2D eigenvalue weighted by atomic mass is 19.1. The van der Waals surface area contributed by atoms with Gasteiger partial charge in [-0.15, -0.1) is 0 Å². The Morgan fingerprint density at radius 2 is 1.90 bits per heavy atom. The maximum absolute atomic E-state index is 13.9. The van der Waals surface area contributed by atoms with E-state index in [4.69, 9.17) is 9.47 Å². The quantitative estimate of drug-likeness (QED) is 0.911. The molecule has 0 atom stereocenters. The number of phenols is 1. The van der Waals surface area contributed by atoms with Gasteiger partial charge in [-0.3, -0.25) is 0 Å². The Labute approximate surface area is 119 Å². The fraction of sp³-hybridized carbons (Fsp3) is 0.200. The number of hydrogen-bond donors (Lipinski definition) is 2. The van der Waals surface area contributed by atoms with Gasteiger partial charge in [0.25, 0.3) is 0 Å². The first-order valence-electron chi connectivity index (χ1n) is 6.36. The molecule has 0 aliphatic carbocycles. The van der Waals surface area contributed by atoms with Crippen molar-refractivity contribution in [3.63, 3.8) is 0 Å². The molecule has 3 rings (SSSR count). The Kier molecular flexibility index (Phi) is 3.29. The van der Waals surface area contributed by atoms with Crippen LogP contribution in [0.1, 0.15) is 11.1 Å². The van der Waals surface area contributed by atoms with E-state index in [9.17, 15) is 13.9 Å². The first kappa shape index (κ1) is 13.5. The van der Waals surface area contributed by atoms with Crippen LogP contribution in [0, 0.1) is 18.6 Å². The number of hydrogen-bond acceptors (Lipinski definition) is 4. The minimum Gasteiger partial charge on any atom is -0.507 e. The second-order valence-corrected chi connectivity index (χ2v) is 4.74. The molecule has 1 heterocycles. The number of ether oxygens (including phenoxy) is 2. The lowest BCUT2D eigenvalue weighted by atomic mass is 10.1. The lowest BCUT2D eigenvalue weighted by molar-refractivity contribution is 0.174. The van der Waals surface area contributed by atoms with Crippen LogP contribution in [0.25, 0.3) is 0 Å². The van der Waals surface area contributed by atoms with E-state index in [1.54, 1.807) is 13.0 Å². The molecule has 0 amide bonds. The number of halogens is 2.